The molecule has 0 fully saturated rings. The van der Waals surface area contributed by atoms with Gasteiger partial charge in [-0.25, -0.2) is 4.98 Å². The van der Waals surface area contributed by atoms with Crippen LogP contribution in [-0.4, -0.2) is 21.5 Å². The lowest BCUT2D eigenvalue weighted by Gasteiger charge is -2.10. The van der Waals surface area contributed by atoms with Crippen molar-refractivity contribution < 1.29 is 4.92 Å². The molecule has 2 rings (SSSR count). The Morgan fingerprint density at radius 2 is 2.25 bits per heavy atom. The first kappa shape index (κ1) is 14.2. The maximum absolute atomic E-state index is 11.6. The highest BCUT2D eigenvalue weighted by molar-refractivity contribution is 9.10. The average molecular weight is 339 g/mol. The van der Waals surface area contributed by atoms with Crippen LogP contribution in [0.1, 0.15) is 5.56 Å². The Bertz CT molecular complexity index is 714. The maximum atomic E-state index is 11.6. The minimum atomic E-state index is -0.689. The molecule has 104 valence electrons. The lowest BCUT2D eigenvalue weighted by molar-refractivity contribution is -0.386. The molecule has 1 N–H and O–H groups in total. The zero-order chi connectivity index (χ0) is 14.7. The van der Waals surface area contributed by atoms with E-state index in [2.05, 4.69) is 26.2 Å². The largest absolute Gasteiger partial charge is 0.373 e. The molecule has 0 unspecified atom stereocenters. The minimum absolute atomic E-state index is 0.154. The van der Waals surface area contributed by atoms with Gasteiger partial charge in [0, 0.05) is 25.0 Å². The van der Waals surface area contributed by atoms with Crippen molar-refractivity contribution in [2.45, 2.75) is 6.54 Å². The average Bonchev–Trinajstić information content (AvgIpc) is 2.43. The van der Waals surface area contributed by atoms with Crippen molar-refractivity contribution in [1.29, 1.82) is 0 Å². The monoisotopic (exact) mass is 338 g/mol. The summed E-state index contributed by atoms with van der Waals surface area (Å²) >= 11 is 3.05. The topological polar surface area (TPSA) is 90.1 Å². The fraction of sp³-hybridized carbons (Fsp3) is 0.167. The van der Waals surface area contributed by atoms with Gasteiger partial charge in [-0.15, -0.1) is 0 Å². The molecule has 0 amide bonds. The Labute approximate surface area is 122 Å². The normalized spacial score (nSPS) is 10.3. The summed E-state index contributed by atoms with van der Waals surface area (Å²) in [7, 11) is 1.75. The molecule has 0 aromatic carbocycles. The molecule has 20 heavy (non-hydrogen) atoms. The van der Waals surface area contributed by atoms with E-state index in [0.29, 0.717) is 12.4 Å². The number of nitro groups is 1. The highest BCUT2D eigenvalue weighted by Gasteiger charge is 2.16. The van der Waals surface area contributed by atoms with E-state index in [-0.39, 0.29) is 4.47 Å². The molecule has 8 heteroatoms. The van der Waals surface area contributed by atoms with Crippen LogP contribution in [-0.2, 0) is 6.54 Å². The molecule has 0 aliphatic carbocycles. The smallest absolute Gasteiger partial charge is 0.333 e. The predicted octanol–water partition coefficient (Wildman–Crippen LogP) is 2.00. The van der Waals surface area contributed by atoms with Crippen LogP contribution in [0.3, 0.4) is 0 Å². The number of halogens is 1. The number of hydrogen-bond donors (Lipinski definition) is 1. The van der Waals surface area contributed by atoms with Crippen LogP contribution in [0.4, 0.5) is 11.5 Å². The van der Waals surface area contributed by atoms with Crippen LogP contribution in [0.25, 0.3) is 0 Å². The van der Waals surface area contributed by atoms with Crippen molar-refractivity contribution in [2.75, 3.05) is 12.4 Å². The minimum Gasteiger partial charge on any atom is -0.373 e. The van der Waals surface area contributed by atoms with Gasteiger partial charge in [-0.1, -0.05) is 6.07 Å². The van der Waals surface area contributed by atoms with E-state index in [0.717, 1.165) is 5.56 Å². The Morgan fingerprint density at radius 3 is 2.90 bits per heavy atom. The number of anilines is 1. The van der Waals surface area contributed by atoms with Crippen LogP contribution in [0.15, 0.2) is 40.0 Å². The second-order valence-corrected chi connectivity index (χ2v) is 4.87. The van der Waals surface area contributed by atoms with Crippen molar-refractivity contribution in [2.24, 2.45) is 0 Å². The van der Waals surface area contributed by atoms with Crippen LogP contribution in [0.2, 0.25) is 0 Å². The molecule has 0 spiro atoms. The van der Waals surface area contributed by atoms with Gasteiger partial charge in [0.1, 0.15) is 5.82 Å². The van der Waals surface area contributed by atoms with Gasteiger partial charge in [0.15, 0.2) is 0 Å². The van der Waals surface area contributed by atoms with Gasteiger partial charge < -0.3 is 9.88 Å². The third-order valence-electron chi connectivity index (χ3n) is 2.69. The maximum Gasteiger partial charge on any atom is 0.333 e. The van der Waals surface area contributed by atoms with Crippen LogP contribution < -0.4 is 10.7 Å². The molecule has 0 radical (unpaired) electrons. The summed E-state index contributed by atoms with van der Waals surface area (Å²) in [6, 6.07) is 3.64. The van der Waals surface area contributed by atoms with Gasteiger partial charge in [-0.05, 0) is 22.0 Å². The van der Waals surface area contributed by atoms with E-state index in [1.165, 1.54) is 12.4 Å². The highest BCUT2D eigenvalue weighted by atomic mass is 79.9. The van der Waals surface area contributed by atoms with Gasteiger partial charge in [0.2, 0.25) is 0 Å². The van der Waals surface area contributed by atoms with E-state index in [4.69, 9.17) is 0 Å². The second kappa shape index (κ2) is 5.83. The molecule has 2 heterocycles. The Balaban J connectivity index is 2.44. The number of nitrogens with one attached hydrogen (secondary N) is 1. The summed E-state index contributed by atoms with van der Waals surface area (Å²) < 4.78 is 1.73. The molecule has 7 nitrogen and oxygen atoms in total. The van der Waals surface area contributed by atoms with Crippen molar-refractivity contribution in [3.8, 4) is 0 Å². The molecule has 0 saturated heterocycles. The summed E-state index contributed by atoms with van der Waals surface area (Å²) in [5.74, 6) is 0.685. The first-order valence-electron chi connectivity index (χ1n) is 5.68. The first-order chi connectivity index (χ1) is 9.52. The number of pyridine rings is 2. The summed E-state index contributed by atoms with van der Waals surface area (Å²) in [5.41, 5.74) is -0.236. The molecule has 0 bridgehead atoms. The van der Waals surface area contributed by atoms with Gasteiger partial charge >= 0.3 is 5.69 Å². The summed E-state index contributed by atoms with van der Waals surface area (Å²) in [4.78, 5) is 25.9. The van der Waals surface area contributed by atoms with E-state index < -0.39 is 16.0 Å². The quantitative estimate of drug-likeness (QED) is 0.680. The third kappa shape index (κ3) is 2.85. The fourth-order valence-electron chi connectivity index (χ4n) is 1.79. The third-order valence-corrected chi connectivity index (χ3v) is 3.26. The van der Waals surface area contributed by atoms with Crippen LogP contribution >= 0.6 is 15.9 Å². The SMILES string of the molecule is CNc1ncccc1Cn1cc(Br)c(=O)c([N+](=O)[O-])c1. The number of nitrogens with zero attached hydrogens (tertiary/aromatic N) is 3. The molecule has 0 aliphatic heterocycles. The van der Waals surface area contributed by atoms with Crippen molar-refractivity contribution >= 4 is 27.4 Å². The summed E-state index contributed by atoms with van der Waals surface area (Å²) in [6.45, 7) is 0.365. The first-order valence-corrected chi connectivity index (χ1v) is 6.48. The molecule has 0 saturated carbocycles. The molecule has 0 atom stereocenters. The van der Waals surface area contributed by atoms with E-state index in [1.807, 2.05) is 6.07 Å². The highest BCUT2D eigenvalue weighted by Crippen LogP contribution is 2.16. The number of aromatic nitrogens is 2. The van der Waals surface area contributed by atoms with Gasteiger partial charge in [0.05, 0.1) is 22.1 Å². The van der Waals surface area contributed by atoms with Crippen LogP contribution in [0.5, 0.6) is 0 Å². The van der Waals surface area contributed by atoms with Crippen LogP contribution in [0, 0.1) is 10.1 Å². The van der Waals surface area contributed by atoms with Gasteiger partial charge in [0.25, 0.3) is 5.43 Å². The summed E-state index contributed by atoms with van der Waals surface area (Å²) in [6.07, 6.45) is 4.39. The fourth-order valence-corrected chi connectivity index (χ4v) is 2.25. The van der Waals surface area contributed by atoms with Crippen molar-refractivity contribution in [3.05, 3.63) is 61.1 Å². The lowest BCUT2D eigenvalue weighted by atomic mass is 10.2. The van der Waals surface area contributed by atoms with E-state index in [1.54, 1.807) is 23.9 Å². The number of rotatable bonds is 4. The molecular weight excluding hydrogens is 328 g/mol. The Kier molecular flexibility index (Phi) is 4.14. The van der Waals surface area contributed by atoms with Gasteiger partial charge in [-0.3, -0.25) is 14.9 Å². The lowest BCUT2D eigenvalue weighted by Crippen LogP contribution is -2.14. The van der Waals surface area contributed by atoms with Gasteiger partial charge in [-0.2, -0.15) is 0 Å². The Morgan fingerprint density at radius 1 is 1.50 bits per heavy atom. The molecule has 2 aromatic rings. The van der Waals surface area contributed by atoms with E-state index in [9.17, 15) is 14.9 Å². The zero-order valence-electron chi connectivity index (χ0n) is 10.5. The molecule has 0 aliphatic rings. The molecule has 2 aromatic heterocycles. The van der Waals surface area contributed by atoms with Crippen molar-refractivity contribution in [3.63, 3.8) is 0 Å². The number of hydrogen-bond acceptors (Lipinski definition) is 5. The summed E-state index contributed by atoms with van der Waals surface area (Å²) in [5, 5.41) is 13.8. The van der Waals surface area contributed by atoms with E-state index >= 15 is 0 Å². The Hall–Kier alpha value is -2.22. The second-order valence-electron chi connectivity index (χ2n) is 4.01. The molecular formula is C12H11BrN4O3. The van der Waals surface area contributed by atoms with Crippen molar-refractivity contribution in [1.82, 2.24) is 9.55 Å². The standard InChI is InChI=1S/C12H11BrN4O3/c1-14-12-8(3-2-4-15-12)5-16-6-9(13)11(18)10(7-16)17(19)20/h2-4,6-7H,5H2,1H3,(H,14,15). The zero-order valence-corrected chi connectivity index (χ0v) is 12.1. The predicted molar refractivity (Wildman–Crippen MR) is 77.9 cm³/mol.